The van der Waals surface area contributed by atoms with E-state index >= 15 is 0 Å². The molecule has 2 amide bonds. The number of hydrogen-bond acceptors (Lipinski definition) is 4. The first kappa shape index (κ1) is 19.6. The molecule has 0 saturated heterocycles. The Labute approximate surface area is 153 Å². The van der Waals surface area contributed by atoms with Crippen molar-refractivity contribution in [3.05, 3.63) is 35.4 Å². The highest BCUT2D eigenvalue weighted by Crippen LogP contribution is 2.25. The number of carboxylic acid groups (broad SMARTS) is 1. The quantitative estimate of drug-likeness (QED) is 0.842. The van der Waals surface area contributed by atoms with Crippen molar-refractivity contribution in [2.75, 3.05) is 7.05 Å². The van der Waals surface area contributed by atoms with Gasteiger partial charge in [-0.25, -0.2) is 5.01 Å². The maximum absolute atomic E-state index is 12.5. The summed E-state index contributed by atoms with van der Waals surface area (Å²) in [5.74, 6) is -1.61. The number of amides is 2. The zero-order valence-electron chi connectivity index (χ0n) is 15.6. The van der Waals surface area contributed by atoms with Crippen molar-refractivity contribution in [1.29, 1.82) is 0 Å². The van der Waals surface area contributed by atoms with Crippen LogP contribution in [-0.2, 0) is 19.8 Å². The smallest absolute Gasteiger partial charge is 0.305 e. The average molecular weight is 359 g/mol. The van der Waals surface area contributed by atoms with E-state index in [9.17, 15) is 19.5 Å². The van der Waals surface area contributed by atoms with Gasteiger partial charge < -0.3 is 10.4 Å². The standard InChI is InChI=1S/C19H25N3O4/c1-19(2,3)13-7-5-12(6-8-13)15(11-17(24)25)20-18(26)14-9-10-16(23)22(4)21-14/h5-8,15H,9-11H2,1-4H3,(H,20,26)(H,24,25). The molecule has 7 nitrogen and oxygen atoms in total. The summed E-state index contributed by atoms with van der Waals surface area (Å²) < 4.78 is 0. The number of hydrogen-bond donors (Lipinski definition) is 2. The van der Waals surface area contributed by atoms with Gasteiger partial charge in [0, 0.05) is 19.9 Å². The Kier molecular flexibility index (Phi) is 5.79. The highest BCUT2D eigenvalue weighted by atomic mass is 16.4. The lowest BCUT2D eigenvalue weighted by atomic mass is 9.86. The van der Waals surface area contributed by atoms with Crippen LogP contribution in [0.15, 0.2) is 29.4 Å². The molecule has 0 bridgehead atoms. The van der Waals surface area contributed by atoms with E-state index in [0.717, 1.165) is 16.1 Å². The number of carboxylic acids is 1. The fourth-order valence-electron chi connectivity index (χ4n) is 2.72. The van der Waals surface area contributed by atoms with E-state index in [2.05, 4.69) is 31.2 Å². The third-order valence-corrected chi connectivity index (χ3v) is 4.33. The van der Waals surface area contributed by atoms with Gasteiger partial charge in [-0.15, -0.1) is 0 Å². The van der Waals surface area contributed by atoms with Crippen molar-refractivity contribution in [2.24, 2.45) is 5.10 Å². The van der Waals surface area contributed by atoms with Crippen LogP contribution in [0.1, 0.15) is 57.2 Å². The Hall–Kier alpha value is -2.70. The van der Waals surface area contributed by atoms with Crippen molar-refractivity contribution >= 4 is 23.5 Å². The first-order valence-electron chi connectivity index (χ1n) is 8.55. The van der Waals surface area contributed by atoms with E-state index in [0.29, 0.717) is 0 Å². The molecule has 2 N–H and O–H groups in total. The molecule has 1 aliphatic rings. The van der Waals surface area contributed by atoms with Crippen molar-refractivity contribution in [2.45, 2.75) is 51.5 Å². The summed E-state index contributed by atoms with van der Waals surface area (Å²) in [6.45, 7) is 6.28. The van der Waals surface area contributed by atoms with Crippen LogP contribution in [0.5, 0.6) is 0 Å². The van der Waals surface area contributed by atoms with Gasteiger partial charge in [0.15, 0.2) is 0 Å². The Morgan fingerprint density at radius 1 is 1.23 bits per heavy atom. The van der Waals surface area contributed by atoms with Gasteiger partial charge in [-0.3, -0.25) is 14.4 Å². The lowest BCUT2D eigenvalue weighted by Crippen LogP contribution is -2.39. The number of carbonyl (C=O) groups is 3. The lowest BCUT2D eigenvalue weighted by molar-refractivity contribution is -0.137. The molecule has 2 rings (SSSR count). The van der Waals surface area contributed by atoms with E-state index in [1.165, 1.54) is 7.05 Å². The molecule has 0 fully saturated rings. The molecule has 0 saturated carbocycles. The van der Waals surface area contributed by atoms with Gasteiger partial charge in [0.1, 0.15) is 5.71 Å². The largest absolute Gasteiger partial charge is 0.481 e. The molecule has 140 valence electrons. The van der Waals surface area contributed by atoms with Gasteiger partial charge in [0.25, 0.3) is 5.91 Å². The van der Waals surface area contributed by atoms with Crippen LogP contribution < -0.4 is 5.32 Å². The molecule has 1 aliphatic heterocycles. The topological polar surface area (TPSA) is 99.1 Å². The SMILES string of the molecule is CN1N=C(C(=O)NC(CC(=O)O)c2ccc(C(C)(C)C)cc2)CCC1=O. The van der Waals surface area contributed by atoms with Crippen LogP contribution in [0.4, 0.5) is 0 Å². The van der Waals surface area contributed by atoms with E-state index in [1.807, 2.05) is 24.3 Å². The molecule has 1 unspecified atom stereocenters. The zero-order chi connectivity index (χ0) is 19.5. The van der Waals surface area contributed by atoms with E-state index < -0.39 is 17.9 Å². The van der Waals surface area contributed by atoms with Gasteiger partial charge in [-0.1, -0.05) is 45.0 Å². The number of nitrogens with one attached hydrogen (secondary N) is 1. The maximum Gasteiger partial charge on any atom is 0.305 e. The van der Waals surface area contributed by atoms with Crippen molar-refractivity contribution < 1.29 is 19.5 Å². The van der Waals surface area contributed by atoms with E-state index in [4.69, 9.17) is 0 Å². The molecule has 26 heavy (non-hydrogen) atoms. The molecule has 1 heterocycles. The van der Waals surface area contributed by atoms with Gasteiger partial charge >= 0.3 is 5.97 Å². The van der Waals surface area contributed by atoms with Crippen LogP contribution in [0.2, 0.25) is 0 Å². The lowest BCUT2D eigenvalue weighted by Gasteiger charge is -2.23. The number of hydrazone groups is 1. The summed E-state index contributed by atoms with van der Waals surface area (Å²) in [7, 11) is 1.49. The van der Waals surface area contributed by atoms with Crippen molar-refractivity contribution in [1.82, 2.24) is 10.3 Å². The van der Waals surface area contributed by atoms with Gasteiger partial charge in [-0.2, -0.15) is 5.10 Å². The van der Waals surface area contributed by atoms with Crippen LogP contribution >= 0.6 is 0 Å². The molecule has 0 radical (unpaired) electrons. The monoisotopic (exact) mass is 359 g/mol. The average Bonchev–Trinajstić information content (AvgIpc) is 2.55. The predicted octanol–water partition coefficient (Wildman–Crippen LogP) is 2.22. The van der Waals surface area contributed by atoms with Gasteiger partial charge in [0.2, 0.25) is 5.91 Å². The zero-order valence-corrected chi connectivity index (χ0v) is 15.6. The number of aliphatic carboxylic acids is 1. The second-order valence-corrected chi connectivity index (χ2v) is 7.46. The maximum atomic E-state index is 12.5. The van der Waals surface area contributed by atoms with E-state index in [1.54, 1.807) is 0 Å². The summed E-state index contributed by atoms with van der Waals surface area (Å²) in [5, 5.41) is 17.1. The summed E-state index contributed by atoms with van der Waals surface area (Å²) in [6, 6.07) is 6.90. The highest BCUT2D eigenvalue weighted by molar-refractivity contribution is 6.39. The molecule has 1 aromatic carbocycles. The van der Waals surface area contributed by atoms with Gasteiger partial charge in [0.05, 0.1) is 12.5 Å². The van der Waals surface area contributed by atoms with Crippen LogP contribution in [0.3, 0.4) is 0 Å². The third kappa shape index (κ3) is 4.91. The number of rotatable bonds is 5. The second kappa shape index (κ2) is 7.68. The van der Waals surface area contributed by atoms with Gasteiger partial charge in [-0.05, 0) is 16.5 Å². The molecule has 7 heteroatoms. The minimum atomic E-state index is -1.01. The Morgan fingerprint density at radius 2 is 1.85 bits per heavy atom. The predicted molar refractivity (Wildman–Crippen MR) is 97.7 cm³/mol. The molecule has 0 aliphatic carbocycles. The Bertz CT molecular complexity index is 732. The van der Waals surface area contributed by atoms with Crippen LogP contribution in [0, 0.1) is 0 Å². The molecule has 0 aromatic heterocycles. The summed E-state index contributed by atoms with van der Waals surface area (Å²) in [4.78, 5) is 35.2. The summed E-state index contributed by atoms with van der Waals surface area (Å²) in [6.07, 6.45) is 0.229. The minimum absolute atomic E-state index is 0.0158. The number of carbonyl (C=O) groups excluding carboxylic acids is 2. The minimum Gasteiger partial charge on any atom is -0.481 e. The first-order chi connectivity index (χ1) is 12.1. The summed E-state index contributed by atoms with van der Waals surface area (Å²) >= 11 is 0. The number of benzene rings is 1. The molecular formula is C19H25N3O4. The second-order valence-electron chi connectivity index (χ2n) is 7.46. The van der Waals surface area contributed by atoms with Crippen molar-refractivity contribution in [3.63, 3.8) is 0 Å². The Balaban J connectivity index is 2.20. The summed E-state index contributed by atoms with van der Waals surface area (Å²) in [5.41, 5.74) is 2.06. The Morgan fingerprint density at radius 3 is 2.35 bits per heavy atom. The molecular weight excluding hydrogens is 334 g/mol. The fourth-order valence-corrected chi connectivity index (χ4v) is 2.72. The molecule has 1 atom stereocenters. The number of nitrogens with zero attached hydrogens (tertiary/aromatic N) is 2. The van der Waals surface area contributed by atoms with Crippen LogP contribution in [-0.4, -0.2) is 40.7 Å². The fraction of sp³-hybridized carbons (Fsp3) is 0.474. The third-order valence-electron chi connectivity index (χ3n) is 4.33. The molecule has 0 spiro atoms. The highest BCUT2D eigenvalue weighted by Gasteiger charge is 2.25. The van der Waals surface area contributed by atoms with E-state index in [-0.39, 0.29) is 36.3 Å². The van der Waals surface area contributed by atoms with Crippen LogP contribution in [0.25, 0.3) is 0 Å². The van der Waals surface area contributed by atoms with Crippen molar-refractivity contribution in [3.8, 4) is 0 Å². The first-order valence-corrected chi connectivity index (χ1v) is 8.55. The molecule has 1 aromatic rings. The normalized spacial score (nSPS) is 16.1.